The summed E-state index contributed by atoms with van der Waals surface area (Å²) in [7, 11) is 0. The number of H-pyrrole nitrogens is 1. The Balaban J connectivity index is 1.74. The van der Waals surface area contributed by atoms with E-state index in [1.54, 1.807) is 36.5 Å². The lowest BCUT2D eigenvalue weighted by atomic mass is 10.0. The predicted octanol–water partition coefficient (Wildman–Crippen LogP) is 5.04. The van der Waals surface area contributed by atoms with E-state index in [1.165, 1.54) is 6.08 Å². The first-order valence-electron chi connectivity index (χ1n) is 8.09. The summed E-state index contributed by atoms with van der Waals surface area (Å²) in [6.07, 6.45) is 3.06. The number of nitrogens with zero attached hydrogens (tertiary/aromatic N) is 1. The van der Waals surface area contributed by atoms with E-state index in [0.717, 1.165) is 5.52 Å². The molecule has 7 heteroatoms. The fourth-order valence-corrected chi connectivity index (χ4v) is 3.41. The zero-order valence-electron chi connectivity index (χ0n) is 13.9. The van der Waals surface area contributed by atoms with Crippen molar-refractivity contribution in [1.29, 1.82) is 5.26 Å². The Hall–Kier alpha value is -2.94. The minimum Gasteiger partial charge on any atom is -0.486 e. The van der Waals surface area contributed by atoms with Crippen molar-refractivity contribution in [1.82, 2.24) is 4.98 Å². The second kappa shape index (κ2) is 6.99. The summed E-state index contributed by atoms with van der Waals surface area (Å²) in [6, 6.07) is 10.5. The van der Waals surface area contributed by atoms with Gasteiger partial charge in [-0.05, 0) is 35.9 Å². The van der Waals surface area contributed by atoms with Crippen molar-refractivity contribution in [2.75, 3.05) is 13.2 Å². The quantitative estimate of drug-likeness (QED) is 0.381. The van der Waals surface area contributed by atoms with Crippen molar-refractivity contribution < 1.29 is 14.3 Å². The Kier molecular flexibility index (Phi) is 4.53. The molecule has 0 saturated heterocycles. The maximum Gasteiger partial charge on any atom is 0.205 e. The number of allylic oxidation sites excluding steroid dienone is 1. The zero-order valence-corrected chi connectivity index (χ0v) is 15.4. The molecular weight excluding hydrogens is 387 g/mol. The molecule has 0 amide bonds. The van der Waals surface area contributed by atoms with E-state index in [1.807, 2.05) is 6.07 Å². The first kappa shape index (κ1) is 17.5. The first-order chi connectivity index (χ1) is 13.1. The lowest BCUT2D eigenvalue weighted by Gasteiger charge is -2.19. The summed E-state index contributed by atoms with van der Waals surface area (Å²) >= 11 is 12.2. The molecule has 1 aliphatic rings. The van der Waals surface area contributed by atoms with Gasteiger partial charge in [-0.15, -0.1) is 0 Å². The summed E-state index contributed by atoms with van der Waals surface area (Å²) in [5.74, 6) is 0.571. The number of aromatic amines is 1. The van der Waals surface area contributed by atoms with Gasteiger partial charge in [0.15, 0.2) is 11.5 Å². The Morgan fingerprint density at radius 1 is 1.19 bits per heavy atom. The fraction of sp³-hybridized carbons (Fsp3) is 0.100. The van der Waals surface area contributed by atoms with E-state index in [2.05, 4.69) is 4.98 Å². The lowest BCUT2D eigenvalue weighted by Crippen LogP contribution is -2.15. The maximum absolute atomic E-state index is 12.9. The van der Waals surface area contributed by atoms with Crippen LogP contribution in [0.4, 0.5) is 0 Å². The Morgan fingerprint density at radius 3 is 2.81 bits per heavy atom. The van der Waals surface area contributed by atoms with Crippen molar-refractivity contribution in [3.05, 3.63) is 63.3 Å². The molecule has 1 aliphatic heterocycles. The molecule has 2 heterocycles. The van der Waals surface area contributed by atoms with Gasteiger partial charge < -0.3 is 14.5 Å². The van der Waals surface area contributed by atoms with Gasteiger partial charge in [0.25, 0.3) is 0 Å². The van der Waals surface area contributed by atoms with Gasteiger partial charge in [-0.3, -0.25) is 4.79 Å². The van der Waals surface area contributed by atoms with Crippen LogP contribution >= 0.6 is 23.2 Å². The second-order valence-electron chi connectivity index (χ2n) is 5.92. The van der Waals surface area contributed by atoms with Crippen LogP contribution in [0.1, 0.15) is 15.9 Å². The molecule has 2 aromatic carbocycles. The molecule has 27 heavy (non-hydrogen) atoms. The normalized spacial score (nSPS) is 13.4. The molecule has 1 aromatic heterocycles. The third-order valence-electron chi connectivity index (χ3n) is 4.18. The number of fused-ring (bicyclic) bond motifs is 2. The van der Waals surface area contributed by atoms with E-state index >= 15 is 0 Å². The summed E-state index contributed by atoms with van der Waals surface area (Å²) in [4.78, 5) is 15.9. The van der Waals surface area contributed by atoms with E-state index in [9.17, 15) is 10.1 Å². The number of benzene rings is 2. The monoisotopic (exact) mass is 398 g/mol. The average molecular weight is 399 g/mol. The summed E-state index contributed by atoms with van der Waals surface area (Å²) in [5.41, 5.74) is 1.69. The predicted molar refractivity (Wildman–Crippen MR) is 104 cm³/mol. The number of hydrogen-bond donors (Lipinski definition) is 1. The topological polar surface area (TPSA) is 75.1 Å². The Labute approximate surface area is 164 Å². The molecule has 3 aromatic rings. The van der Waals surface area contributed by atoms with E-state index in [0.29, 0.717) is 51.3 Å². The van der Waals surface area contributed by atoms with Crippen LogP contribution in [0.15, 0.2) is 42.1 Å². The van der Waals surface area contributed by atoms with Gasteiger partial charge in [-0.2, -0.15) is 5.26 Å². The van der Waals surface area contributed by atoms with Crippen molar-refractivity contribution in [2.45, 2.75) is 0 Å². The molecule has 0 unspecified atom stereocenters. The van der Waals surface area contributed by atoms with Crippen LogP contribution in [0.2, 0.25) is 10.0 Å². The average Bonchev–Trinajstić information content (AvgIpc) is 3.08. The largest absolute Gasteiger partial charge is 0.486 e. The van der Waals surface area contributed by atoms with Crippen molar-refractivity contribution in [3.63, 3.8) is 0 Å². The molecule has 1 N–H and O–H groups in total. The Morgan fingerprint density at radius 2 is 2.00 bits per heavy atom. The SMILES string of the molecule is N#CC(=Cc1cc(Cl)c2c(c1)OCCO2)C(=O)c1c[nH]c2cc(Cl)ccc12. The minimum absolute atomic E-state index is 0.0152. The summed E-state index contributed by atoms with van der Waals surface area (Å²) in [5, 5.41) is 11.1. The minimum atomic E-state index is -0.392. The fourth-order valence-electron chi connectivity index (χ4n) is 2.96. The smallest absolute Gasteiger partial charge is 0.205 e. The van der Waals surface area contributed by atoms with Crippen LogP contribution in [0.25, 0.3) is 17.0 Å². The van der Waals surface area contributed by atoms with Gasteiger partial charge in [0.1, 0.15) is 24.9 Å². The Bertz CT molecular complexity index is 1140. The number of rotatable bonds is 3. The van der Waals surface area contributed by atoms with Gasteiger partial charge in [-0.1, -0.05) is 29.3 Å². The van der Waals surface area contributed by atoms with Crippen LogP contribution in [0, 0.1) is 11.3 Å². The van der Waals surface area contributed by atoms with E-state index in [-0.39, 0.29) is 5.57 Å². The molecule has 0 fully saturated rings. The lowest BCUT2D eigenvalue weighted by molar-refractivity contribution is 0.104. The van der Waals surface area contributed by atoms with Gasteiger partial charge in [0.05, 0.1) is 5.02 Å². The number of ketones is 1. The highest BCUT2D eigenvalue weighted by Crippen LogP contribution is 2.39. The van der Waals surface area contributed by atoms with Crippen LogP contribution in [-0.4, -0.2) is 24.0 Å². The van der Waals surface area contributed by atoms with Crippen molar-refractivity contribution in [2.24, 2.45) is 0 Å². The first-order valence-corrected chi connectivity index (χ1v) is 8.84. The zero-order chi connectivity index (χ0) is 19.0. The van der Waals surface area contributed by atoms with Gasteiger partial charge in [0.2, 0.25) is 5.78 Å². The molecule has 0 bridgehead atoms. The van der Waals surface area contributed by atoms with E-state index < -0.39 is 5.78 Å². The van der Waals surface area contributed by atoms with Crippen molar-refractivity contribution >= 4 is 46.0 Å². The number of carbonyl (C=O) groups is 1. The number of nitriles is 1. The molecule has 4 rings (SSSR count). The van der Waals surface area contributed by atoms with Gasteiger partial charge in [-0.25, -0.2) is 0 Å². The standard InChI is InChI=1S/C20H12Cl2N2O3/c21-13-1-2-14-15(10-24-17(14)8-13)19(25)12(9-23)5-11-6-16(22)20-18(7-11)26-3-4-27-20/h1-2,5-8,10,24H,3-4H2. The number of nitrogens with one attached hydrogen (secondary N) is 1. The third-order valence-corrected chi connectivity index (χ3v) is 4.70. The number of carbonyl (C=O) groups excluding carboxylic acids is 1. The highest BCUT2D eigenvalue weighted by molar-refractivity contribution is 6.32. The van der Waals surface area contributed by atoms with Crippen LogP contribution < -0.4 is 9.47 Å². The van der Waals surface area contributed by atoms with Gasteiger partial charge in [0, 0.05) is 27.7 Å². The van der Waals surface area contributed by atoms with Gasteiger partial charge >= 0.3 is 0 Å². The molecule has 0 saturated carbocycles. The highest BCUT2D eigenvalue weighted by Gasteiger charge is 2.19. The highest BCUT2D eigenvalue weighted by atomic mass is 35.5. The molecule has 5 nitrogen and oxygen atoms in total. The summed E-state index contributed by atoms with van der Waals surface area (Å²) < 4.78 is 11.0. The number of Topliss-reactive ketones (excluding diaryl/α,β-unsaturated/α-hetero) is 1. The molecule has 0 atom stereocenters. The molecule has 0 aliphatic carbocycles. The molecule has 0 radical (unpaired) electrons. The van der Waals surface area contributed by atoms with Crippen LogP contribution in [0.3, 0.4) is 0 Å². The number of hydrogen-bond acceptors (Lipinski definition) is 4. The molecule has 0 spiro atoms. The summed E-state index contributed by atoms with van der Waals surface area (Å²) in [6.45, 7) is 0.840. The van der Waals surface area contributed by atoms with Crippen molar-refractivity contribution in [3.8, 4) is 17.6 Å². The van der Waals surface area contributed by atoms with E-state index in [4.69, 9.17) is 32.7 Å². The number of aromatic nitrogens is 1. The molecule has 134 valence electrons. The number of halogens is 2. The molecular formula is C20H12Cl2N2O3. The number of ether oxygens (including phenoxy) is 2. The third kappa shape index (κ3) is 3.25. The van der Waals surface area contributed by atoms with Crippen LogP contribution in [-0.2, 0) is 0 Å². The van der Waals surface area contributed by atoms with Crippen LogP contribution in [0.5, 0.6) is 11.5 Å². The second-order valence-corrected chi connectivity index (χ2v) is 6.76. The maximum atomic E-state index is 12.9.